The highest BCUT2D eigenvalue weighted by Gasteiger charge is 2.22. The molecule has 0 aliphatic carbocycles. The molecule has 0 aliphatic heterocycles. The Morgan fingerprint density at radius 3 is 2.25 bits per heavy atom. The predicted molar refractivity (Wildman–Crippen MR) is 72.5 cm³/mol. The van der Waals surface area contributed by atoms with Crippen LogP contribution >= 0.6 is 0 Å². The van der Waals surface area contributed by atoms with Gasteiger partial charge in [-0.2, -0.15) is 0 Å². The lowest BCUT2D eigenvalue weighted by Crippen LogP contribution is -2.23. The van der Waals surface area contributed by atoms with Gasteiger partial charge in [-0.1, -0.05) is 34.3 Å². The summed E-state index contributed by atoms with van der Waals surface area (Å²) in [6, 6.07) is 11.8. The average Bonchev–Trinajstić information content (AvgIpc) is 2.46. The molecule has 0 heterocycles. The standard InChI is InChI=1S/C15H12FNO3/c1-10-6-8-11(9-7-10)14(18)17(16)13-5-3-2-4-12(13)15(19)20/h2-9H,1H3,(H,19,20). The first-order valence-corrected chi connectivity index (χ1v) is 5.90. The number of carboxylic acid groups (broad SMARTS) is 1. The lowest BCUT2D eigenvalue weighted by atomic mass is 10.1. The number of hydrogen-bond acceptors (Lipinski definition) is 2. The van der Waals surface area contributed by atoms with E-state index >= 15 is 0 Å². The summed E-state index contributed by atoms with van der Waals surface area (Å²) in [4.78, 5) is 23.0. The molecule has 0 saturated carbocycles. The zero-order valence-electron chi connectivity index (χ0n) is 10.7. The number of benzene rings is 2. The van der Waals surface area contributed by atoms with Crippen molar-refractivity contribution in [1.29, 1.82) is 0 Å². The van der Waals surface area contributed by atoms with Crippen LogP contribution in [0.1, 0.15) is 26.3 Å². The van der Waals surface area contributed by atoms with Crippen molar-refractivity contribution in [2.75, 3.05) is 5.12 Å². The van der Waals surface area contributed by atoms with Gasteiger partial charge >= 0.3 is 5.97 Å². The number of anilines is 1. The van der Waals surface area contributed by atoms with E-state index in [9.17, 15) is 14.1 Å². The van der Waals surface area contributed by atoms with E-state index in [2.05, 4.69) is 0 Å². The first-order chi connectivity index (χ1) is 9.50. The number of halogens is 1. The molecule has 1 N–H and O–H groups in total. The largest absolute Gasteiger partial charge is 0.478 e. The Hall–Kier alpha value is -2.69. The van der Waals surface area contributed by atoms with E-state index in [4.69, 9.17) is 5.11 Å². The maximum Gasteiger partial charge on any atom is 0.337 e. The van der Waals surface area contributed by atoms with Crippen molar-refractivity contribution < 1.29 is 19.2 Å². The van der Waals surface area contributed by atoms with Gasteiger partial charge in [-0.3, -0.25) is 4.79 Å². The summed E-state index contributed by atoms with van der Waals surface area (Å²) in [6.45, 7) is 1.85. The fourth-order valence-electron chi connectivity index (χ4n) is 1.74. The van der Waals surface area contributed by atoms with Crippen molar-refractivity contribution in [1.82, 2.24) is 0 Å². The van der Waals surface area contributed by atoms with Crippen LogP contribution in [0.25, 0.3) is 0 Å². The zero-order valence-corrected chi connectivity index (χ0v) is 10.7. The third kappa shape index (κ3) is 2.66. The molecular weight excluding hydrogens is 261 g/mol. The van der Waals surface area contributed by atoms with Crippen LogP contribution in [0.3, 0.4) is 0 Å². The Morgan fingerprint density at radius 1 is 1.05 bits per heavy atom. The Bertz CT molecular complexity index is 652. The molecule has 2 aromatic carbocycles. The summed E-state index contributed by atoms with van der Waals surface area (Å²) >= 11 is 0. The Balaban J connectivity index is 2.36. The Morgan fingerprint density at radius 2 is 1.65 bits per heavy atom. The maximum atomic E-state index is 14.2. The smallest absolute Gasteiger partial charge is 0.337 e. The minimum Gasteiger partial charge on any atom is -0.478 e. The third-order valence-electron chi connectivity index (χ3n) is 2.82. The molecule has 0 atom stereocenters. The minimum absolute atomic E-state index is 0.145. The molecule has 0 spiro atoms. The van der Waals surface area contributed by atoms with E-state index in [1.54, 1.807) is 12.1 Å². The molecule has 0 saturated heterocycles. The average molecular weight is 273 g/mol. The molecule has 1 amide bonds. The van der Waals surface area contributed by atoms with Gasteiger partial charge in [0, 0.05) is 5.56 Å². The van der Waals surface area contributed by atoms with Gasteiger partial charge in [-0.05, 0) is 31.2 Å². The number of rotatable bonds is 3. The number of amides is 1. The molecule has 20 heavy (non-hydrogen) atoms. The van der Waals surface area contributed by atoms with Crippen molar-refractivity contribution >= 4 is 17.6 Å². The molecule has 102 valence electrons. The molecule has 0 aliphatic rings. The normalized spacial score (nSPS) is 10.1. The summed E-state index contributed by atoms with van der Waals surface area (Å²) in [6.07, 6.45) is 0. The number of carbonyl (C=O) groups excluding carboxylic acids is 1. The fourth-order valence-corrected chi connectivity index (χ4v) is 1.74. The summed E-state index contributed by atoms with van der Waals surface area (Å²) in [5.41, 5.74) is 0.539. The van der Waals surface area contributed by atoms with E-state index in [0.29, 0.717) is 0 Å². The second-order valence-electron chi connectivity index (χ2n) is 4.27. The summed E-state index contributed by atoms with van der Waals surface area (Å²) in [5, 5.41) is 8.85. The molecule has 2 rings (SSSR count). The number of para-hydroxylation sites is 1. The van der Waals surface area contributed by atoms with E-state index in [1.807, 2.05) is 6.92 Å². The quantitative estimate of drug-likeness (QED) is 0.873. The molecule has 5 heteroatoms. The lowest BCUT2D eigenvalue weighted by molar-refractivity contribution is 0.0697. The zero-order chi connectivity index (χ0) is 14.7. The summed E-state index contributed by atoms with van der Waals surface area (Å²) in [5.74, 6) is -2.20. The molecular formula is C15H12FNO3. The molecule has 4 nitrogen and oxygen atoms in total. The number of aromatic carboxylic acids is 1. The number of nitrogens with zero attached hydrogens (tertiary/aromatic N) is 1. The molecule has 0 unspecified atom stereocenters. The monoisotopic (exact) mass is 273 g/mol. The number of carbonyl (C=O) groups is 2. The van der Waals surface area contributed by atoms with Crippen molar-refractivity contribution in [2.24, 2.45) is 0 Å². The van der Waals surface area contributed by atoms with E-state index in [0.717, 1.165) is 5.56 Å². The van der Waals surface area contributed by atoms with Gasteiger partial charge < -0.3 is 5.11 Å². The predicted octanol–water partition coefficient (Wildman–Crippen LogP) is 3.22. The van der Waals surface area contributed by atoms with Gasteiger partial charge in [0.2, 0.25) is 0 Å². The molecule has 0 radical (unpaired) electrons. The van der Waals surface area contributed by atoms with E-state index in [-0.39, 0.29) is 21.9 Å². The van der Waals surface area contributed by atoms with Crippen LogP contribution < -0.4 is 5.12 Å². The Labute approximate surface area is 115 Å². The van der Waals surface area contributed by atoms with Crippen LogP contribution in [0.15, 0.2) is 48.5 Å². The highest BCUT2D eigenvalue weighted by atomic mass is 19.2. The highest BCUT2D eigenvalue weighted by Crippen LogP contribution is 2.23. The summed E-state index contributed by atoms with van der Waals surface area (Å²) in [7, 11) is 0. The number of carboxylic acids is 1. The van der Waals surface area contributed by atoms with Gasteiger partial charge in [0.05, 0.1) is 11.3 Å². The summed E-state index contributed by atoms with van der Waals surface area (Å²) < 4.78 is 14.2. The van der Waals surface area contributed by atoms with Crippen molar-refractivity contribution in [2.45, 2.75) is 6.92 Å². The lowest BCUT2D eigenvalue weighted by Gasteiger charge is -2.14. The van der Waals surface area contributed by atoms with E-state index in [1.165, 1.54) is 36.4 Å². The second kappa shape index (κ2) is 5.52. The van der Waals surface area contributed by atoms with Gasteiger partial charge in [-0.15, -0.1) is 5.12 Å². The van der Waals surface area contributed by atoms with Crippen LogP contribution in [0.2, 0.25) is 0 Å². The van der Waals surface area contributed by atoms with Crippen LogP contribution in [-0.2, 0) is 0 Å². The van der Waals surface area contributed by atoms with Gasteiger partial charge in [0.25, 0.3) is 5.91 Å². The first kappa shape index (κ1) is 13.7. The maximum absolute atomic E-state index is 14.2. The first-order valence-electron chi connectivity index (χ1n) is 5.90. The van der Waals surface area contributed by atoms with Crippen LogP contribution in [0, 0.1) is 6.92 Å². The minimum atomic E-state index is -1.29. The molecule has 2 aromatic rings. The second-order valence-corrected chi connectivity index (χ2v) is 4.27. The SMILES string of the molecule is Cc1ccc(C(=O)N(F)c2ccccc2C(=O)O)cc1. The van der Waals surface area contributed by atoms with Crippen molar-refractivity contribution in [3.63, 3.8) is 0 Å². The van der Waals surface area contributed by atoms with Crippen molar-refractivity contribution in [3.8, 4) is 0 Å². The third-order valence-corrected chi connectivity index (χ3v) is 2.82. The van der Waals surface area contributed by atoms with E-state index < -0.39 is 11.9 Å². The Kier molecular flexibility index (Phi) is 3.79. The molecule has 0 bridgehead atoms. The van der Waals surface area contributed by atoms with Crippen LogP contribution in [-0.4, -0.2) is 17.0 Å². The van der Waals surface area contributed by atoms with Crippen LogP contribution in [0.4, 0.5) is 10.2 Å². The van der Waals surface area contributed by atoms with Gasteiger partial charge in [-0.25, -0.2) is 4.79 Å². The van der Waals surface area contributed by atoms with Gasteiger partial charge in [0.15, 0.2) is 0 Å². The fraction of sp³-hybridized carbons (Fsp3) is 0.0667. The topological polar surface area (TPSA) is 57.6 Å². The molecule has 0 aromatic heterocycles. The van der Waals surface area contributed by atoms with Crippen LogP contribution in [0.5, 0.6) is 0 Å². The highest BCUT2D eigenvalue weighted by molar-refractivity contribution is 6.07. The van der Waals surface area contributed by atoms with Crippen molar-refractivity contribution in [3.05, 3.63) is 65.2 Å². The van der Waals surface area contributed by atoms with Gasteiger partial charge in [0.1, 0.15) is 0 Å². The number of aryl methyl sites for hydroxylation is 1. The number of hydrogen-bond donors (Lipinski definition) is 1. The molecule has 0 fully saturated rings.